The van der Waals surface area contributed by atoms with E-state index >= 15 is 0 Å². The second-order valence-electron chi connectivity index (χ2n) is 5.36. The van der Waals surface area contributed by atoms with Crippen molar-refractivity contribution in [3.05, 3.63) is 84.1 Å². The summed E-state index contributed by atoms with van der Waals surface area (Å²) in [5, 5.41) is 5.44. The molecular formula is C19H15FN2O3. The fraction of sp³-hybridized carbons (Fsp3) is 0.0526. The fourth-order valence-electron chi connectivity index (χ4n) is 2.23. The lowest BCUT2D eigenvalue weighted by Gasteiger charge is -2.07. The summed E-state index contributed by atoms with van der Waals surface area (Å²) in [4.78, 5) is 23.9. The van der Waals surface area contributed by atoms with E-state index in [2.05, 4.69) is 10.6 Å². The Kier molecular flexibility index (Phi) is 4.89. The molecule has 0 saturated heterocycles. The molecule has 5 nitrogen and oxygen atoms in total. The van der Waals surface area contributed by atoms with Crippen LogP contribution < -0.4 is 10.6 Å². The second kappa shape index (κ2) is 7.44. The van der Waals surface area contributed by atoms with Gasteiger partial charge in [0.05, 0.1) is 12.7 Å². The molecule has 0 atom stereocenters. The first kappa shape index (κ1) is 16.4. The SMILES string of the molecule is O=C(Cc1ccc(F)cc1)Nc1ccc(NC(=O)c2ccco2)cc1. The van der Waals surface area contributed by atoms with Crippen molar-refractivity contribution in [3.8, 4) is 0 Å². The summed E-state index contributed by atoms with van der Waals surface area (Å²) in [5.41, 5.74) is 1.90. The zero-order valence-electron chi connectivity index (χ0n) is 13.2. The van der Waals surface area contributed by atoms with E-state index in [9.17, 15) is 14.0 Å². The quantitative estimate of drug-likeness (QED) is 0.742. The predicted octanol–water partition coefficient (Wildman–Crippen LogP) is 3.85. The van der Waals surface area contributed by atoms with Crippen LogP contribution in [0.2, 0.25) is 0 Å². The van der Waals surface area contributed by atoms with Crippen LogP contribution in [0.3, 0.4) is 0 Å². The van der Waals surface area contributed by atoms with Crippen molar-refractivity contribution >= 4 is 23.2 Å². The molecule has 3 rings (SSSR count). The molecule has 0 radical (unpaired) electrons. The number of hydrogen-bond acceptors (Lipinski definition) is 3. The smallest absolute Gasteiger partial charge is 0.291 e. The Hall–Kier alpha value is -3.41. The molecule has 1 heterocycles. The maximum absolute atomic E-state index is 12.9. The van der Waals surface area contributed by atoms with Crippen LogP contribution in [-0.2, 0) is 11.2 Å². The number of benzene rings is 2. The van der Waals surface area contributed by atoms with Crippen molar-refractivity contribution < 1.29 is 18.4 Å². The number of rotatable bonds is 5. The number of nitrogens with one attached hydrogen (secondary N) is 2. The molecule has 1 aromatic heterocycles. The van der Waals surface area contributed by atoms with Gasteiger partial charge in [-0.1, -0.05) is 12.1 Å². The third-order valence-corrected chi connectivity index (χ3v) is 3.45. The van der Waals surface area contributed by atoms with Gasteiger partial charge in [0, 0.05) is 11.4 Å². The van der Waals surface area contributed by atoms with Crippen LogP contribution in [-0.4, -0.2) is 11.8 Å². The van der Waals surface area contributed by atoms with Gasteiger partial charge in [-0.25, -0.2) is 4.39 Å². The summed E-state index contributed by atoms with van der Waals surface area (Å²) < 4.78 is 17.9. The van der Waals surface area contributed by atoms with E-state index in [0.717, 1.165) is 5.56 Å². The Morgan fingerprint density at radius 1 is 0.880 bits per heavy atom. The number of carbonyl (C=O) groups excluding carboxylic acids is 2. The Labute approximate surface area is 143 Å². The van der Waals surface area contributed by atoms with Gasteiger partial charge in [-0.2, -0.15) is 0 Å². The number of amides is 2. The molecule has 0 unspecified atom stereocenters. The van der Waals surface area contributed by atoms with Crippen LogP contribution in [0.1, 0.15) is 16.1 Å². The minimum atomic E-state index is -0.349. The zero-order chi connectivity index (χ0) is 17.6. The monoisotopic (exact) mass is 338 g/mol. The van der Waals surface area contributed by atoms with Gasteiger partial charge in [0.15, 0.2) is 5.76 Å². The van der Waals surface area contributed by atoms with Crippen molar-refractivity contribution in [1.29, 1.82) is 0 Å². The summed E-state index contributed by atoms with van der Waals surface area (Å²) >= 11 is 0. The lowest BCUT2D eigenvalue weighted by Crippen LogP contribution is -2.14. The van der Waals surface area contributed by atoms with Gasteiger partial charge in [-0.05, 0) is 54.1 Å². The summed E-state index contributed by atoms with van der Waals surface area (Å²) in [6, 6.07) is 15.7. The first-order chi connectivity index (χ1) is 12.1. The van der Waals surface area contributed by atoms with Crippen molar-refractivity contribution in [2.24, 2.45) is 0 Å². The van der Waals surface area contributed by atoms with Gasteiger partial charge in [0.1, 0.15) is 5.82 Å². The Morgan fingerprint density at radius 3 is 2.12 bits per heavy atom. The van der Waals surface area contributed by atoms with Gasteiger partial charge < -0.3 is 15.1 Å². The number of carbonyl (C=O) groups is 2. The average molecular weight is 338 g/mol. The maximum atomic E-state index is 12.9. The maximum Gasteiger partial charge on any atom is 0.291 e. The Morgan fingerprint density at radius 2 is 1.52 bits per heavy atom. The number of halogens is 1. The third kappa shape index (κ3) is 4.54. The molecule has 25 heavy (non-hydrogen) atoms. The zero-order valence-corrected chi connectivity index (χ0v) is 13.2. The van der Waals surface area contributed by atoms with Gasteiger partial charge >= 0.3 is 0 Å². The van der Waals surface area contributed by atoms with Crippen molar-refractivity contribution in [3.63, 3.8) is 0 Å². The summed E-state index contributed by atoms with van der Waals surface area (Å²) in [6.45, 7) is 0. The highest BCUT2D eigenvalue weighted by Gasteiger charge is 2.09. The molecule has 126 valence electrons. The highest BCUT2D eigenvalue weighted by Crippen LogP contribution is 2.15. The van der Waals surface area contributed by atoms with Gasteiger partial charge in [0.2, 0.25) is 5.91 Å². The highest BCUT2D eigenvalue weighted by molar-refractivity contribution is 6.02. The fourth-order valence-corrected chi connectivity index (χ4v) is 2.23. The van der Waals surface area contributed by atoms with E-state index in [-0.39, 0.29) is 29.8 Å². The summed E-state index contributed by atoms with van der Waals surface area (Å²) in [5.74, 6) is -0.676. The summed E-state index contributed by atoms with van der Waals surface area (Å²) in [6.07, 6.45) is 1.58. The topological polar surface area (TPSA) is 71.3 Å². The molecule has 0 spiro atoms. The Balaban J connectivity index is 1.56. The Bertz CT molecular complexity index is 857. The predicted molar refractivity (Wildman–Crippen MR) is 91.8 cm³/mol. The molecule has 2 aromatic carbocycles. The largest absolute Gasteiger partial charge is 0.459 e. The van der Waals surface area contributed by atoms with Crippen LogP contribution in [0.4, 0.5) is 15.8 Å². The molecule has 0 aliphatic carbocycles. The van der Waals surface area contributed by atoms with E-state index in [1.165, 1.54) is 18.4 Å². The second-order valence-corrected chi connectivity index (χ2v) is 5.36. The third-order valence-electron chi connectivity index (χ3n) is 3.45. The van der Waals surface area contributed by atoms with E-state index < -0.39 is 0 Å². The lowest BCUT2D eigenvalue weighted by molar-refractivity contribution is -0.115. The molecule has 6 heteroatoms. The van der Waals surface area contributed by atoms with Crippen molar-refractivity contribution in [2.75, 3.05) is 10.6 Å². The molecule has 0 bridgehead atoms. The molecule has 0 saturated carbocycles. The van der Waals surface area contributed by atoms with E-state index in [4.69, 9.17) is 4.42 Å². The minimum absolute atomic E-state index is 0.150. The molecule has 2 N–H and O–H groups in total. The van der Waals surface area contributed by atoms with Gasteiger partial charge in [0.25, 0.3) is 5.91 Å². The number of furan rings is 1. The van der Waals surface area contributed by atoms with Gasteiger partial charge in [-0.15, -0.1) is 0 Å². The number of anilines is 2. The average Bonchev–Trinajstić information content (AvgIpc) is 3.13. The molecule has 2 amide bonds. The van der Waals surface area contributed by atoms with Crippen LogP contribution in [0, 0.1) is 5.82 Å². The van der Waals surface area contributed by atoms with Crippen LogP contribution in [0.5, 0.6) is 0 Å². The highest BCUT2D eigenvalue weighted by atomic mass is 19.1. The first-order valence-corrected chi connectivity index (χ1v) is 7.59. The normalized spacial score (nSPS) is 10.3. The van der Waals surface area contributed by atoms with E-state index in [1.54, 1.807) is 48.5 Å². The van der Waals surface area contributed by atoms with Crippen molar-refractivity contribution in [2.45, 2.75) is 6.42 Å². The summed E-state index contributed by atoms with van der Waals surface area (Å²) in [7, 11) is 0. The van der Waals surface area contributed by atoms with Crippen LogP contribution in [0.15, 0.2) is 71.3 Å². The molecule has 0 aliphatic heterocycles. The van der Waals surface area contributed by atoms with E-state index in [0.29, 0.717) is 11.4 Å². The van der Waals surface area contributed by atoms with Crippen molar-refractivity contribution in [1.82, 2.24) is 0 Å². The standard InChI is InChI=1S/C19H15FN2O3/c20-14-5-3-13(4-6-14)12-18(23)21-15-7-9-16(10-8-15)22-19(24)17-2-1-11-25-17/h1-11H,12H2,(H,21,23)(H,22,24). The van der Waals surface area contributed by atoms with E-state index in [1.807, 2.05) is 0 Å². The molecule has 0 fully saturated rings. The number of hydrogen-bond donors (Lipinski definition) is 2. The molecular weight excluding hydrogens is 323 g/mol. The minimum Gasteiger partial charge on any atom is -0.459 e. The first-order valence-electron chi connectivity index (χ1n) is 7.59. The lowest BCUT2D eigenvalue weighted by atomic mass is 10.1. The van der Waals surface area contributed by atoms with Gasteiger partial charge in [-0.3, -0.25) is 9.59 Å². The molecule has 3 aromatic rings. The van der Waals surface area contributed by atoms with Crippen LogP contribution >= 0.6 is 0 Å². The van der Waals surface area contributed by atoms with Crippen LogP contribution in [0.25, 0.3) is 0 Å². The molecule has 0 aliphatic rings.